The molecule has 0 aliphatic heterocycles. The molecule has 0 aliphatic carbocycles. The van der Waals surface area contributed by atoms with Crippen molar-refractivity contribution in [3.63, 3.8) is 0 Å². The number of benzene rings is 1. The van der Waals surface area contributed by atoms with Crippen molar-refractivity contribution in [2.24, 2.45) is 0 Å². The molecular formula is C11H7BrF3NO3. The number of hydrogen-bond acceptors (Lipinski definition) is 4. The summed E-state index contributed by atoms with van der Waals surface area (Å²) in [6.45, 7) is 0. The molecule has 102 valence electrons. The molecule has 0 fully saturated rings. The Bertz CT molecular complexity index is 537. The van der Waals surface area contributed by atoms with Crippen molar-refractivity contribution < 1.29 is 27.4 Å². The number of nitriles is 1. The van der Waals surface area contributed by atoms with E-state index in [1.165, 1.54) is 7.11 Å². The number of hydrogen-bond donors (Lipinski definition) is 0. The van der Waals surface area contributed by atoms with E-state index in [0.29, 0.717) is 5.56 Å². The maximum atomic E-state index is 12.1. The number of halogens is 4. The molecule has 0 bridgehead atoms. The summed E-state index contributed by atoms with van der Waals surface area (Å²) < 4.78 is 44.8. The van der Waals surface area contributed by atoms with Crippen molar-refractivity contribution in [1.29, 1.82) is 5.26 Å². The molecule has 0 atom stereocenters. The highest BCUT2D eigenvalue weighted by molar-refractivity contribution is 9.10. The lowest BCUT2D eigenvalue weighted by molar-refractivity contribution is -0.274. The standard InChI is InChI=1S/C11H7BrF3NO3/c1-18-10(17)3-6-2-7(5-16)9(4-8(6)12)19-11(13,14)15/h2,4H,3H2,1H3. The zero-order valence-corrected chi connectivity index (χ0v) is 11.1. The highest BCUT2D eigenvalue weighted by Gasteiger charge is 2.32. The molecule has 1 aromatic carbocycles. The van der Waals surface area contributed by atoms with Gasteiger partial charge in [0.05, 0.1) is 19.1 Å². The summed E-state index contributed by atoms with van der Waals surface area (Å²) in [5, 5.41) is 8.79. The summed E-state index contributed by atoms with van der Waals surface area (Å²) >= 11 is 3.01. The summed E-state index contributed by atoms with van der Waals surface area (Å²) in [7, 11) is 1.18. The Morgan fingerprint density at radius 2 is 2.11 bits per heavy atom. The summed E-state index contributed by atoms with van der Waals surface area (Å²) in [6, 6.07) is 3.71. The molecule has 0 unspecified atom stereocenters. The Kier molecular flexibility index (Phi) is 4.78. The third-order valence-corrected chi connectivity index (χ3v) is 2.80. The smallest absolute Gasteiger partial charge is 0.469 e. The molecule has 0 heterocycles. The van der Waals surface area contributed by atoms with Crippen LogP contribution in [0.2, 0.25) is 0 Å². The lowest BCUT2D eigenvalue weighted by atomic mass is 10.1. The lowest BCUT2D eigenvalue weighted by Crippen LogP contribution is -2.18. The van der Waals surface area contributed by atoms with Gasteiger partial charge in [-0.25, -0.2) is 0 Å². The maximum absolute atomic E-state index is 12.1. The molecule has 0 aliphatic rings. The third kappa shape index (κ3) is 4.44. The quantitative estimate of drug-likeness (QED) is 0.795. The molecule has 0 amide bonds. The van der Waals surface area contributed by atoms with E-state index in [1.54, 1.807) is 6.07 Å². The normalized spacial score (nSPS) is 10.7. The molecule has 0 saturated carbocycles. The van der Waals surface area contributed by atoms with Gasteiger partial charge in [-0.2, -0.15) is 5.26 Å². The summed E-state index contributed by atoms with van der Waals surface area (Å²) in [5.41, 5.74) is 0.0114. The highest BCUT2D eigenvalue weighted by atomic mass is 79.9. The minimum absolute atomic E-state index is 0.169. The largest absolute Gasteiger partial charge is 0.573 e. The van der Waals surface area contributed by atoms with Crippen molar-refractivity contribution in [3.8, 4) is 11.8 Å². The van der Waals surface area contributed by atoms with Gasteiger partial charge in [-0.3, -0.25) is 4.79 Å². The van der Waals surface area contributed by atoms with Crippen molar-refractivity contribution in [2.75, 3.05) is 7.11 Å². The average molecular weight is 338 g/mol. The van der Waals surface area contributed by atoms with Crippen LogP contribution in [0.25, 0.3) is 0 Å². The number of esters is 1. The van der Waals surface area contributed by atoms with Gasteiger partial charge in [-0.05, 0) is 17.7 Å². The number of carbonyl (C=O) groups excluding carboxylic acids is 1. The predicted octanol–water partition coefficient (Wildman–Crippen LogP) is 2.93. The van der Waals surface area contributed by atoms with E-state index in [1.807, 2.05) is 0 Å². The van der Waals surface area contributed by atoms with E-state index in [-0.39, 0.29) is 16.5 Å². The number of rotatable bonds is 3. The van der Waals surface area contributed by atoms with Crippen LogP contribution >= 0.6 is 15.9 Å². The van der Waals surface area contributed by atoms with E-state index in [4.69, 9.17) is 5.26 Å². The van der Waals surface area contributed by atoms with Crippen LogP contribution in [-0.4, -0.2) is 19.4 Å². The van der Waals surface area contributed by atoms with Crippen LogP contribution in [0.1, 0.15) is 11.1 Å². The zero-order valence-electron chi connectivity index (χ0n) is 9.55. The molecule has 19 heavy (non-hydrogen) atoms. The second-order valence-electron chi connectivity index (χ2n) is 3.35. The summed E-state index contributed by atoms with van der Waals surface area (Å²) in [4.78, 5) is 11.1. The monoisotopic (exact) mass is 337 g/mol. The summed E-state index contributed by atoms with van der Waals surface area (Å²) in [6.07, 6.45) is -5.06. The Balaban J connectivity index is 3.15. The lowest BCUT2D eigenvalue weighted by Gasteiger charge is -2.12. The first-order chi connectivity index (χ1) is 8.76. The van der Waals surface area contributed by atoms with Gasteiger partial charge in [0.1, 0.15) is 11.8 Å². The minimum atomic E-state index is -4.89. The van der Waals surface area contributed by atoms with Gasteiger partial charge in [-0.1, -0.05) is 15.9 Å². The topological polar surface area (TPSA) is 59.3 Å². The van der Waals surface area contributed by atoms with Crippen LogP contribution in [0, 0.1) is 11.3 Å². The second-order valence-corrected chi connectivity index (χ2v) is 4.21. The van der Waals surface area contributed by atoms with E-state index in [9.17, 15) is 18.0 Å². The van der Waals surface area contributed by atoms with E-state index < -0.39 is 18.1 Å². The number of alkyl halides is 3. The van der Waals surface area contributed by atoms with E-state index >= 15 is 0 Å². The number of methoxy groups -OCH3 is 1. The van der Waals surface area contributed by atoms with Crippen molar-refractivity contribution in [1.82, 2.24) is 0 Å². The molecule has 4 nitrogen and oxygen atoms in total. The SMILES string of the molecule is COC(=O)Cc1cc(C#N)c(OC(F)(F)F)cc1Br. The zero-order chi connectivity index (χ0) is 14.6. The van der Waals surface area contributed by atoms with Gasteiger partial charge in [-0.15, -0.1) is 13.2 Å². The molecule has 1 rings (SSSR count). The molecule has 0 aromatic heterocycles. The fourth-order valence-electron chi connectivity index (χ4n) is 1.26. The van der Waals surface area contributed by atoms with Gasteiger partial charge in [0.15, 0.2) is 0 Å². The first kappa shape index (κ1) is 15.3. The number of carbonyl (C=O) groups is 1. The number of nitrogens with zero attached hydrogens (tertiary/aromatic N) is 1. The van der Waals surface area contributed by atoms with Crippen LogP contribution in [0.4, 0.5) is 13.2 Å². The van der Waals surface area contributed by atoms with Gasteiger partial charge in [0, 0.05) is 4.47 Å². The Morgan fingerprint density at radius 1 is 1.47 bits per heavy atom. The van der Waals surface area contributed by atoms with Crippen LogP contribution in [0.15, 0.2) is 16.6 Å². The van der Waals surface area contributed by atoms with Gasteiger partial charge in [0.2, 0.25) is 0 Å². The fraction of sp³-hybridized carbons (Fsp3) is 0.273. The molecule has 0 spiro atoms. The molecule has 0 radical (unpaired) electrons. The average Bonchev–Trinajstić information content (AvgIpc) is 2.30. The third-order valence-electron chi connectivity index (χ3n) is 2.06. The van der Waals surface area contributed by atoms with Gasteiger partial charge >= 0.3 is 12.3 Å². The first-order valence-electron chi connectivity index (χ1n) is 4.82. The Hall–Kier alpha value is -1.75. The highest BCUT2D eigenvalue weighted by Crippen LogP contribution is 2.31. The number of ether oxygens (including phenoxy) is 2. The van der Waals surface area contributed by atoms with E-state index in [0.717, 1.165) is 12.1 Å². The van der Waals surface area contributed by atoms with Crippen LogP contribution < -0.4 is 4.74 Å². The molecule has 1 aromatic rings. The van der Waals surface area contributed by atoms with Gasteiger partial charge < -0.3 is 9.47 Å². The molecule has 0 N–H and O–H groups in total. The molecule has 8 heteroatoms. The first-order valence-corrected chi connectivity index (χ1v) is 5.61. The molecule has 0 saturated heterocycles. The second kappa shape index (κ2) is 5.93. The van der Waals surface area contributed by atoms with Gasteiger partial charge in [0.25, 0.3) is 0 Å². The fourth-order valence-corrected chi connectivity index (χ4v) is 1.72. The Morgan fingerprint density at radius 3 is 2.58 bits per heavy atom. The van der Waals surface area contributed by atoms with Crippen molar-refractivity contribution in [2.45, 2.75) is 12.8 Å². The predicted molar refractivity (Wildman–Crippen MR) is 61.3 cm³/mol. The Labute approximate surface area is 114 Å². The minimum Gasteiger partial charge on any atom is -0.469 e. The summed E-state index contributed by atoms with van der Waals surface area (Å²) in [5.74, 6) is -1.20. The van der Waals surface area contributed by atoms with Crippen molar-refractivity contribution in [3.05, 3.63) is 27.7 Å². The van der Waals surface area contributed by atoms with Crippen LogP contribution in [0.3, 0.4) is 0 Å². The van der Waals surface area contributed by atoms with Crippen LogP contribution in [-0.2, 0) is 16.0 Å². The maximum Gasteiger partial charge on any atom is 0.573 e. The van der Waals surface area contributed by atoms with Crippen LogP contribution in [0.5, 0.6) is 5.75 Å². The molecular weight excluding hydrogens is 331 g/mol. The van der Waals surface area contributed by atoms with E-state index in [2.05, 4.69) is 25.4 Å². The van der Waals surface area contributed by atoms with Crippen molar-refractivity contribution >= 4 is 21.9 Å².